The van der Waals surface area contributed by atoms with Crippen molar-refractivity contribution in [2.24, 2.45) is 0 Å². The number of urea groups is 1. The van der Waals surface area contributed by atoms with E-state index in [1.165, 1.54) is 29.2 Å². The van der Waals surface area contributed by atoms with E-state index in [0.717, 1.165) is 16.0 Å². The van der Waals surface area contributed by atoms with Gasteiger partial charge in [-0.05, 0) is 66.6 Å². The number of anilines is 2. The van der Waals surface area contributed by atoms with Gasteiger partial charge in [-0.25, -0.2) is 14.1 Å². The van der Waals surface area contributed by atoms with Crippen LogP contribution in [-0.4, -0.2) is 35.9 Å². The van der Waals surface area contributed by atoms with Gasteiger partial charge in [-0.2, -0.15) is 0 Å². The fourth-order valence-electron chi connectivity index (χ4n) is 3.87. The summed E-state index contributed by atoms with van der Waals surface area (Å²) >= 11 is 0. The molecular formula is C26H24FN3O4. The Balaban J connectivity index is 1.60. The molecular weight excluding hydrogens is 437 g/mol. The molecule has 3 aromatic carbocycles. The zero-order valence-electron chi connectivity index (χ0n) is 18.8. The zero-order chi connectivity index (χ0) is 24.2. The van der Waals surface area contributed by atoms with Crippen LogP contribution in [0, 0.1) is 12.7 Å². The second kappa shape index (κ2) is 9.74. The van der Waals surface area contributed by atoms with Crippen LogP contribution in [0.3, 0.4) is 0 Å². The first-order valence-corrected chi connectivity index (χ1v) is 10.8. The molecule has 1 aliphatic heterocycles. The van der Waals surface area contributed by atoms with E-state index in [2.05, 4.69) is 5.32 Å². The third-order valence-corrected chi connectivity index (χ3v) is 5.60. The van der Waals surface area contributed by atoms with E-state index < -0.39 is 29.7 Å². The number of nitrogens with zero attached hydrogens (tertiary/aromatic N) is 2. The Bertz CT molecular complexity index is 1210. The molecule has 0 bridgehead atoms. The zero-order valence-corrected chi connectivity index (χ0v) is 18.8. The normalized spacial score (nSPS) is 15.6. The van der Waals surface area contributed by atoms with E-state index in [0.29, 0.717) is 17.1 Å². The Kier molecular flexibility index (Phi) is 6.58. The molecule has 7 nitrogen and oxygen atoms in total. The minimum Gasteiger partial charge on any atom is -0.497 e. The Morgan fingerprint density at radius 1 is 1.03 bits per heavy atom. The molecule has 34 heavy (non-hydrogen) atoms. The Morgan fingerprint density at radius 3 is 2.38 bits per heavy atom. The van der Waals surface area contributed by atoms with Crippen LogP contribution in [0.2, 0.25) is 0 Å². The smallest absolute Gasteiger partial charge is 0.332 e. The highest BCUT2D eigenvalue weighted by atomic mass is 19.1. The first-order valence-electron chi connectivity index (χ1n) is 10.8. The van der Waals surface area contributed by atoms with E-state index in [4.69, 9.17) is 4.74 Å². The molecule has 8 heteroatoms. The number of hydrogen-bond acceptors (Lipinski definition) is 4. The first kappa shape index (κ1) is 23.0. The van der Waals surface area contributed by atoms with Crippen molar-refractivity contribution < 1.29 is 23.5 Å². The Labute approximate surface area is 196 Å². The number of hydrogen-bond donors (Lipinski definition) is 1. The number of carbonyl (C=O) groups is 3. The monoisotopic (exact) mass is 461 g/mol. The number of benzene rings is 3. The van der Waals surface area contributed by atoms with E-state index in [1.54, 1.807) is 37.4 Å². The molecule has 0 aliphatic carbocycles. The van der Waals surface area contributed by atoms with Crippen LogP contribution in [0.1, 0.15) is 17.5 Å². The maximum Gasteiger partial charge on any atom is 0.332 e. The van der Waals surface area contributed by atoms with Gasteiger partial charge in [-0.3, -0.25) is 9.59 Å². The number of imide groups is 1. The van der Waals surface area contributed by atoms with Crippen molar-refractivity contribution in [3.05, 3.63) is 89.7 Å². The molecule has 1 N–H and O–H groups in total. The summed E-state index contributed by atoms with van der Waals surface area (Å²) in [6, 6.07) is 18.1. The first-order chi connectivity index (χ1) is 16.4. The molecule has 1 heterocycles. The number of carbonyl (C=O) groups excluding carboxylic acids is 3. The molecule has 4 amide bonds. The number of nitrogens with one attached hydrogen (secondary N) is 1. The summed E-state index contributed by atoms with van der Waals surface area (Å²) in [4.78, 5) is 42.0. The molecule has 3 aromatic rings. The summed E-state index contributed by atoms with van der Waals surface area (Å²) in [6.07, 6.45) is -0.236. The van der Waals surface area contributed by atoms with Crippen molar-refractivity contribution in [1.82, 2.24) is 4.90 Å². The lowest BCUT2D eigenvalue weighted by molar-refractivity contribution is -0.124. The highest BCUT2D eigenvalue weighted by Gasteiger charge is 2.46. The topological polar surface area (TPSA) is 79.0 Å². The Morgan fingerprint density at radius 2 is 1.74 bits per heavy atom. The minimum absolute atomic E-state index is 0.144. The van der Waals surface area contributed by atoms with Gasteiger partial charge in [0.05, 0.1) is 19.2 Å². The molecule has 4 rings (SSSR count). The third kappa shape index (κ3) is 4.91. The fraction of sp³-hybridized carbons (Fsp3) is 0.192. The van der Waals surface area contributed by atoms with Crippen LogP contribution in [0.4, 0.5) is 20.6 Å². The van der Waals surface area contributed by atoms with Crippen molar-refractivity contribution in [2.45, 2.75) is 25.9 Å². The van der Waals surface area contributed by atoms with Gasteiger partial charge in [0, 0.05) is 12.2 Å². The van der Waals surface area contributed by atoms with E-state index >= 15 is 0 Å². The van der Waals surface area contributed by atoms with Gasteiger partial charge >= 0.3 is 6.03 Å². The minimum atomic E-state index is -0.990. The summed E-state index contributed by atoms with van der Waals surface area (Å²) in [6.45, 7) is 2.02. The van der Waals surface area contributed by atoms with Gasteiger partial charge in [-0.1, -0.05) is 24.3 Å². The maximum atomic E-state index is 13.4. The van der Waals surface area contributed by atoms with Crippen LogP contribution in [-0.2, 0) is 16.1 Å². The second-order valence-electron chi connectivity index (χ2n) is 8.05. The molecule has 1 atom stereocenters. The van der Waals surface area contributed by atoms with Crippen molar-refractivity contribution in [1.29, 1.82) is 0 Å². The van der Waals surface area contributed by atoms with Crippen molar-refractivity contribution in [3.63, 3.8) is 0 Å². The van der Waals surface area contributed by atoms with Crippen LogP contribution in [0.15, 0.2) is 72.8 Å². The number of ether oxygens (including phenoxy) is 1. The van der Waals surface area contributed by atoms with Crippen molar-refractivity contribution in [3.8, 4) is 5.75 Å². The summed E-state index contributed by atoms with van der Waals surface area (Å²) in [5.74, 6) is -0.680. The third-order valence-electron chi connectivity index (χ3n) is 5.60. The Hall–Kier alpha value is -4.20. The summed E-state index contributed by atoms with van der Waals surface area (Å²) in [7, 11) is 1.56. The van der Waals surface area contributed by atoms with Gasteiger partial charge in [0.2, 0.25) is 5.91 Å². The summed E-state index contributed by atoms with van der Waals surface area (Å²) < 4.78 is 18.4. The standard InChI is InChI=1S/C26H24FN3O4/c1-17-4-3-5-21(14-17)30-25(32)23(15-24(31)28-20-10-8-19(27)9-11-20)29(26(30)33)16-18-6-12-22(34-2)13-7-18/h3-14,23H,15-16H2,1-2H3,(H,28,31)/t23-/m0/s1. The van der Waals surface area contributed by atoms with Gasteiger partial charge in [0.15, 0.2) is 0 Å². The predicted octanol–water partition coefficient (Wildman–Crippen LogP) is 4.51. The number of rotatable bonds is 7. The van der Waals surface area contributed by atoms with Crippen LogP contribution in [0.5, 0.6) is 5.75 Å². The van der Waals surface area contributed by atoms with Crippen molar-refractivity contribution in [2.75, 3.05) is 17.3 Å². The number of amides is 4. The van der Waals surface area contributed by atoms with Crippen LogP contribution < -0.4 is 15.0 Å². The molecule has 174 valence electrons. The van der Waals surface area contributed by atoms with Crippen LogP contribution >= 0.6 is 0 Å². The fourth-order valence-corrected chi connectivity index (χ4v) is 3.87. The summed E-state index contributed by atoms with van der Waals surface area (Å²) in [5, 5.41) is 2.66. The van der Waals surface area contributed by atoms with E-state index in [1.807, 2.05) is 25.1 Å². The predicted molar refractivity (Wildman–Crippen MR) is 126 cm³/mol. The van der Waals surface area contributed by atoms with Gasteiger partial charge in [-0.15, -0.1) is 0 Å². The molecule has 0 saturated carbocycles. The lowest BCUT2D eigenvalue weighted by Gasteiger charge is -2.22. The van der Waals surface area contributed by atoms with Gasteiger partial charge < -0.3 is 15.0 Å². The molecule has 0 radical (unpaired) electrons. The number of methoxy groups -OCH3 is 1. The van der Waals surface area contributed by atoms with Gasteiger partial charge in [0.25, 0.3) is 5.91 Å². The highest BCUT2D eigenvalue weighted by molar-refractivity contribution is 6.22. The molecule has 1 fully saturated rings. The number of aryl methyl sites for hydroxylation is 1. The van der Waals surface area contributed by atoms with Crippen molar-refractivity contribution >= 4 is 29.2 Å². The molecule has 1 saturated heterocycles. The maximum absolute atomic E-state index is 13.4. The molecule has 0 spiro atoms. The van der Waals surface area contributed by atoms with Crippen LogP contribution in [0.25, 0.3) is 0 Å². The highest BCUT2D eigenvalue weighted by Crippen LogP contribution is 2.29. The molecule has 0 aromatic heterocycles. The molecule has 1 aliphatic rings. The largest absolute Gasteiger partial charge is 0.497 e. The van der Waals surface area contributed by atoms with E-state index in [9.17, 15) is 18.8 Å². The lowest BCUT2D eigenvalue weighted by atomic mass is 10.1. The quantitative estimate of drug-likeness (QED) is 0.525. The van der Waals surface area contributed by atoms with Gasteiger partial charge in [0.1, 0.15) is 17.6 Å². The average molecular weight is 461 g/mol. The summed E-state index contributed by atoms with van der Waals surface area (Å²) in [5.41, 5.74) is 2.55. The number of halogens is 1. The second-order valence-corrected chi connectivity index (χ2v) is 8.05. The SMILES string of the molecule is COc1ccc(CN2C(=O)N(c3cccc(C)c3)C(=O)[C@@H]2CC(=O)Nc2ccc(F)cc2)cc1. The average Bonchev–Trinajstić information content (AvgIpc) is 3.05. The molecule has 0 unspecified atom stereocenters. The van der Waals surface area contributed by atoms with E-state index in [-0.39, 0.29) is 13.0 Å². The lowest BCUT2D eigenvalue weighted by Crippen LogP contribution is -2.37.